The van der Waals surface area contributed by atoms with Crippen molar-refractivity contribution in [2.75, 3.05) is 22.6 Å². The molecule has 2 saturated carbocycles. The van der Waals surface area contributed by atoms with Gasteiger partial charge in [-0.25, -0.2) is 0 Å². The molecule has 1 saturated heterocycles. The monoisotopic (exact) mass is 399 g/mol. The molecule has 3 fully saturated rings. The van der Waals surface area contributed by atoms with Crippen LogP contribution in [0.5, 0.6) is 0 Å². The number of aromatic nitrogens is 2. The molecule has 0 radical (unpaired) electrons. The van der Waals surface area contributed by atoms with E-state index < -0.39 is 0 Å². The minimum Gasteiger partial charge on any atom is -0.300 e. The van der Waals surface area contributed by atoms with Crippen LogP contribution in [0.4, 0.5) is 5.13 Å². The van der Waals surface area contributed by atoms with E-state index in [4.69, 9.17) is 0 Å². The molecular weight excluding hydrogens is 378 g/mol. The third-order valence-electron chi connectivity index (χ3n) is 5.21. The van der Waals surface area contributed by atoms with E-state index >= 15 is 0 Å². The number of hydrogen-bond donors (Lipinski definition) is 1. The van der Waals surface area contributed by atoms with Crippen LogP contribution in [0.1, 0.15) is 25.7 Å². The lowest BCUT2D eigenvalue weighted by Gasteiger charge is -2.42. The van der Waals surface area contributed by atoms with Gasteiger partial charge in [-0.3, -0.25) is 4.79 Å². The number of rotatable bonds is 5. The standard InChI is InChI=1S/C16H21N3OS4/c1-2-5-21-15-19-18-14(24-15)17-13(20)10-8-11-3-4-12(9-10)16(11)22-6-7-23-16/h2,10-12H,1,3-9H2,(H,17,18,20). The summed E-state index contributed by atoms with van der Waals surface area (Å²) >= 11 is 7.40. The summed E-state index contributed by atoms with van der Waals surface area (Å²) in [5, 5.41) is 11.9. The first-order valence-corrected chi connectivity index (χ1v) is 12.1. The molecule has 3 aliphatic rings. The molecule has 1 amide bonds. The van der Waals surface area contributed by atoms with Crippen molar-refractivity contribution in [3.8, 4) is 0 Å². The first-order valence-electron chi connectivity index (χ1n) is 8.37. The Kier molecular flexibility index (Phi) is 5.18. The Morgan fingerprint density at radius 1 is 1.29 bits per heavy atom. The Bertz CT molecular complexity index is 613. The first kappa shape index (κ1) is 17.2. The lowest BCUT2D eigenvalue weighted by molar-refractivity contribution is -0.121. The normalized spacial score (nSPS) is 30.6. The lowest BCUT2D eigenvalue weighted by Crippen LogP contribution is -2.41. The van der Waals surface area contributed by atoms with E-state index in [1.54, 1.807) is 11.8 Å². The van der Waals surface area contributed by atoms with Crippen molar-refractivity contribution in [2.45, 2.75) is 34.1 Å². The van der Waals surface area contributed by atoms with E-state index in [-0.39, 0.29) is 11.8 Å². The van der Waals surface area contributed by atoms with Crippen molar-refractivity contribution in [2.24, 2.45) is 17.8 Å². The number of amides is 1. The molecule has 2 heterocycles. The van der Waals surface area contributed by atoms with Crippen molar-refractivity contribution in [3.63, 3.8) is 0 Å². The van der Waals surface area contributed by atoms with Crippen LogP contribution < -0.4 is 5.32 Å². The van der Waals surface area contributed by atoms with Crippen LogP contribution in [0, 0.1) is 17.8 Å². The molecule has 1 aliphatic heterocycles. The van der Waals surface area contributed by atoms with Gasteiger partial charge in [-0.05, 0) is 37.5 Å². The molecule has 2 unspecified atom stereocenters. The fourth-order valence-electron chi connectivity index (χ4n) is 4.27. The number of nitrogens with one attached hydrogen (secondary N) is 1. The fraction of sp³-hybridized carbons (Fsp3) is 0.688. The number of carbonyl (C=O) groups excluding carboxylic acids is 1. The highest BCUT2D eigenvalue weighted by molar-refractivity contribution is 8.21. The number of hydrogen-bond acceptors (Lipinski definition) is 7. The van der Waals surface area contributed by atoms with E-state index in [2.05, 4.69) is 45.6 Å². The third-order valence-corrected chi connectivity index (χ3v) is 11.2. The molecule has 4 nitrogen and oxygen atoms in total. The smallest absolute Gasteiger partial charge is 0.229 e. The summed E-state index contributed by atoms with van der Waals surface area (Å²) in [6, 6.07) is 0. The summed E-state index contributed by atoms with van der Waals surface area (Å²) in [4.78, 5) is 12.7. The van der Waals surface area contributed by atoms with E-state index in [0.29, 0.717) is 21.0 Å². The summed E-state index contributed by atoms with van der Waals surface area (Å²) in [6.45, 7) is 3.70. The SMILES string of the molecule is C=CCSc1nnc(NC(=O)C2CC3CCC(C2)C32SCCS2)s1. The Hall–Kier alpha value is -0.180. The minimum atomic E-state index is 0.142. The zero-order valence-corrected chi connectivity index (χ0v) is 16.7. The average molecular weight is 400 g/mol. The Labute approximate surface area is 159 Å². The van der Waals surface area contributed by atoms with Gasteiger partial charge in [-0.1, -0.05) is 29.2 Å². The van der Waals surface area contributed by atoms with Gasteiger partial charge in [0.1, 0.15) is 0 Å². The van der Waals surface area contributed by atoms with Gasteiger partial charge in [0.25, 0.3) is 0 Å². The van der Waals surface area contributed by atoms with Crippen LogP contribution in [0.2, 0.25) is 0 Å². The summed E-state index contributed by atoms with van der Waals surface area (Å²) in [5.74, 6) is 5.07. The topological polar surface area (TPSA) is 54.9 Å². The molecule has 8 heteroatoms. The maximum absolute atomic E-state index is 12.7. The van der Waals surface area contributed by atoms with Gasteiger partial charge < -0.3 is 5.32 Å². The minimum absolute atomic E-state index is 0.142. The van der Waals surface area contributed by atoms with Crippen LogP contribution in [-0.2, 0) is 4.79 Å². The molecule has 0 aromatic carbocycles. The molecule has 130 valence electrons. The summed E-state index contributed by atoms with van der Waals surface area (Å²) in [5.41, 5.74) is 0. The van der Waals surface area contributed by atoms with Crippen molar-refractivity contribution in [3.05, 3.63) is 12.7 Å². The predicted octanol–water partition coefficient (Wildman–Crippen LogP) is 4.37. The molecule has 1 aromatic rings. The second-order valence-corrected chi connectivity index (χ2v) is 11.8. The summed E-state index contributed by atoms with van der Waals surface area (Å²) in [7, 11) is 0. The van der Waals surface area contributed by atoms with Crippen molar-refractivity contribution < 1.29 is 4.79 Å². The Morgan fingerprint density at radius 3 is 2.67 bits per heavy atom. The number of carbonyl (C=O) groups is 1. The van der Waals surface area contributed by atoms with Gasteiger partial charge in [0.15, 0.2) is 4.34 Å². The molecule has 1 aromatic heterocycles. The van der Waals surface area contributed by atoms with Crippen LogP contribution in [0.3, 0.4) is 0 Å². The number of nitrogens with zero attached hydrogens (tertiary/aromatic N) is 2. The van der Waals surface area contributed by atoms with E-state index in [9.17, 15) is 4.79 Å². The predicted molar refractivity (Wildman–Crippen MR) is 106 cm³/mol. The quantitative estimate of drug-likeness (QED) is 0.451. The zero-order chi connectivity index (χ0) is 16.6. The number of anilines is 1. The van der Waals surface area contributed by atoms with Crippen molar-refractivity contribution in [1.82, 2.24) is 10.2 Å². The molecule has 1 spiro atoms. The molecule has 2 bridgehead atoms. The van der Waals surface area contributed by atoms with Gasteiger partial charge in [0.05, 0.1) is 4.08 Å². The van der Waals surface area contributed by atoms with Gasteiger partial charge in [0, 0.05) is 23.2 Å². The maximum atomic E-state index is 12.7. The highest BCUT2D eigenvalue weighted by Gasteiger charge is 2.57. The van der Waals surface area contributed by atoms with Crippen LogP contribution in [0.15, 0.2) is 17.0 Å². The molecule has 2 atom stereocenters. The maximum Gasteiger partial charge on any atom is 0.229 e. The Morgan fingerprint density at radius 2 is 2.00 bits per heavy atom. The van der Waals surface area contributed by atoms with E-state index in [1.807, 2.05) is 6.08 Å². The highest BCUT2D eigenvalue weighted by atomic mass is 32.2. The van der Waals surface area contributed by atoms with Gasteiger partial charge >= 0.3 is 0 Å². The average Bonchev–Trinajstić information content (AvgIpc) is 3.27. The van der Waals surface area contributed by atoms with Crippen molar-refractivity contribution >= 4 is 57.7 Å². The van der Waals surface area contributed by atoms with Gasteiger partial charge in [0.2, 0.25) is 11.0 Å². The van der Waals surface area contributed by atoms with Gasteiger partial charge in [-0.2, -0.15) is 0 Å². The number of thioether (sulfide) groups is 3. The Balaban J connectivity index is 1.38. The van der Waals surface area contributed by atoms with Crippen molar-refractivity contribution in [1.29, 1.82) is 0 Å². The van der Waals surface area contributed by atoms with E-state index in [0.717, 1.165) is 22.9 Å². The van der Waals surface area contributed by atoms with Crippen LogP contribution >= 0.6 is 46.6 Å². The van der Waals surface area contributed by atoms with E-state index in [1.165, 1.54) is 35.7 Å². The molecule has 2 aliphatic carbocycles. The molecule has 1 N–H and O–H groups in total. The lowest BCUT2D eigenvalue weighted by atomic mass is 9.79. The first-order chi connectivity index (χ1) is 11.7. The molecular formula is C16H21N3OS4. The summed E-state index contributed by atoms with van der Waals surface area (Å²) in [6.07, 6.45) is 6.53. The van der Waals surface area contributed by atoms with Crippen LogP contribution in [0.25, 0.3) is 0 Å². The third kappa shape index (κ3) is 3.15. The molecule has 4 rings (SSSR count). The largest absolute Gasteiger partial charge is 0.300 e. The summed E-state index contributed by atoms with van der Waals surface area (Å²) < 4.78 is 1.32. The van der Waals surface area contributed by atoms with Gasteiger partial charge in [-0.15, -0.1) is 40.3 Å². The van der Waals surface area contributed by atoms with Crippen LogP contribution in [-0.4, -0.2) is 37.4 Å². The zero-order valence-electron chi connectivity index (χ0n) is 13.4. The second-order valence-electron chi connectivity index (χ2n) is 6.52. The molecule has 24 heavy (non-hydrogen) atoms. The highest BCUT2D eigenvalue weighted by Crippen LogP contribution is 2.65. The fourth-order valence-corrected chi connectivity index (χ4v) is 9.72. The second kappa shape index (κ2) is 7.21.